The van der Waals surface area contributed by atoms with Crippen LogP contribution >= 0.6 is 0 Å². The SMILES string of the molecule is Cn1ncc(C2CC2)c1C=Cc1ccncn1. The lowest BCUT2D eigenvalue weighted by Crippen LogP contribution is -1.94. The molecule has 0 unspecified atom stereocenters. The molecule has 0 atom stereocenters. The Morgan fingerprint density at radius 2 is 2.24 bits per heavy atom. The van der Waals surface area contributed by atoms with Crippen molar-refractivity contribution >= 4 is 12.2 Å². The number of rotatable bonds is 3. The number of aromatic nitrogens is 4. The van der Waals surface area contributed by atoms with Gasteiger partial charge in [0.1, 0.15) is 6.33 Å². The molecule has 1 aliphatic rings. The Labute approximate surface area is 100 Å². The van der Waals surface area contributed by atoms with Gasteiger partial charge in [-0.1, -0.05) is 0 Å². The minimum atomic E-state index is 0.716. The maximum atomic E-state index is 4.32. The van der Waals surface area contributed by atoms with Gasteiger partial charge in [0, 0.05) is 18.8 Å². The topological polar surface area (TPSA) is 43.6 Å². The lowest BCUT2D eigenvalue weighted by Gasteiger charge is -1.99. The van der Waals surface area contributed by atoms with E-state index in [1.807, 2.05) is 30.1 Å². The first-order chi connectivity index (χ1) is 8.34. The molecule has 0 aromatic carbocycles. The lowest BCUT2D eigenvalue weighted by molar-refractivity contribution is 0.758. The molecule has 0 bridgehead atoms. The van der Waals surface area contributed by atoms with Gasteiger partial charge in [0.15, 0.2) is 0 Å². The summed E-state index contributed by atoms with van der Waals surface area (Å²) in [4.78, 5) is 8.07. The third kappa shape index (κ3) is 2.11. The smallest absolute Gasteiger partial charge is 0.115 e. The fourth-order valence-electron chi connectivity index (χ4n) is 1.94. The Kier molecular flexibility index (Phi) is 2.48. The molecule has 17 heavy (non-hydrogen) atoms. The second-order valence-corrected chi connectivity index (χ2v) is 4.35. The Hall–Kier alpha value is -1.97. The normalized spacial score (nSPS) is 15.6. The highest BCUT2D eigenvalue weighted by Gasteiger charge is 2.27. The van der Waals surface area contributed by atoms with E-state index >= 15 is 0 Å². The van der Waals surface area contributed by atoms with Crippen molar-refractivity contribution in [2.45, 2.75) is 18.8 Å². The molecule has 0 N–H and O–H groups in total. The van der Waals surface area contributed by atoms with Gasteiger partial charge in [-0.25, -0.2) is 9.97 Å². The van der Waals surface area contributed by atoms with Crippen LogP contribution < -0.4 is 0 Å². The zero-order chi connectivity index (χ0) is 11.7. The molecular formula is C13H14N4. The van der Waals surface area contributed by atoms with Gasteiger partial charge < -0.3 is 0 Å². The third-order valence-corrected chi connectivity index (χ3v) is 3.05. The van der Waals surface area contributed by atoms with E-state index in [9.17, 15) is 0 Å². The fourth-order valence-corrected chi connectivity index (χ4v) is 1.94. The van der Waals surface area contributed by atoms with Crippen molar-refractivity contribution in [3.8, 4) is 0 Å². The van der Waals surface area contributed by atoms with Gasteiger partial charge in [-0.05, 0) is 37.0 Å². The molecule has 0 spiro atoms. The van der Waals surface area contributed by atoms with Crippen molar-refractivity contribution in [2.24, 2.45) is 7.05 Å². The van der Waals surface area contributed by atoms with Crippen LogP contribution in [0.25, 0.3) is 12.2 Å². The average Bonchev–Trinajstić information content (AvgIpc) is 3.13. The first-order valence-corrected chi connectivity index (χ1v) is 5.80. The number of hydrogen-bond acceptors (Lipinski definition) is 3. The number of hydrogen-bond donors (Lipinski definition) is 0. The fraction of sp³-hybridized carbons (Fsp3) is 0.308. The Bertz CT molecular complexity index is 538. The van der Waals surface area contributed by atoms with Crippen LogP contribution in [0.1, 0.15) is 35.7 Å². The van der Waals surface area contributed by atoms with E-state index < -0.39 is 0 Å². The summed E-state index contributed by atoms with van der Waals surface area (Å²) in [5.74, 6) is 0.716. The number of nitrogens with zero attached hydrogens (tertiary/aromatic N) is 4. The van der Waals surface area contributed by atoms with Gasteiger partial charge in [-0.2, -0.15) is 5.10 Å². The molecule has 4 nitrogen and oxygen atoms in total. The van der Waals surface area contributed by atoms with Crippen LogP contribution in [0.2, 0.25) is 0 Å². The van der Waals surface area contributed by atoms with E-state index in [1.165, 1.54) is 24.1 Å². The van der Waals surface area contributed by atoms with E-state index in [2.05, 4.69) is 21.1 Å². The molecule has 2 heterocycles. The molecule has 3 rings (SSSR count). The Balaban J connectivity index is 1.89. The molecule has 1 saturated carbocycles. The van der Waals surface area contributed by atoms with Gasteiger partial charge in [-0.15, -0.1) is 0 Å². The molecule has 4 heteroatoms. The van der Waals surface area contributed by atoms with Gasteiger partial charge >= 0.3 is 0 Å². The predicted molar refractivity (Wildman–Crippen MR) is 66.1 cm³/mol. The zero-order valence-corrected chi connectivity index (χ0v) is 9.74. The van der Waals surface area contributed by atoms with Crippen molar-refractivity contribution in [1.82, 2.24) is 19.7 Å². The Morgan fingerprint density at radius 1 is 1.35 bits per heavy atom. The summed E-state index contributed by atoms with van der Waals surface area (Å²) >= 11 is 0. The minimum Gasteiger partial charge on any atom is -0.268 e. The van der Waals surface area contributed by atoms with E-state index in [0.29, 0.717) is 5.92 Å². The zero-order valence-electron chi connectivity index (χ0n) is 9.74. The summed E-state index contributed by atoms with van der Waals surface area (Å²) in [7, 11) is 1.98. The second-order valence-electron chi connectivity index (χ2n) is 4.35. The van der Waals surface area contributed by atoms with Crippen LogP contribution in [0.15, 0.2) is 24.8 Å². The number of aryl methyl sites for hydroxylation is 1. The summed E-state index contributed by atoms with van der Waals surface area (Å²) in [6.07, 6.45) is 12.0. The highest BCUT2D eigenvalue weighted by atomic mass is 15.3. The summed E-state index contributed by atoms with van der Waals surface area (Å²) in [6.45, 7) is 0. The van der Waals surface area contributed by atoms with Gasteiger partial charge in [-0.3, -0.25) is 4.68 Å². The highest BCUT2D eigenvalue weighted by molar-refractivity contribution is 5.68. The van der Waals surface area contributed by atoms with Crippen LogP contribution in [0.4, 0.5) is 0 Å². The summed E-state index contributed by atoms with van der Waals surface area (Å²) in [5, 5.41) is 4.32. The quantitative estimate of drug-likeness (QED) is 0.806. The van der Waals surface area contributed by atoms with Gasteiger partial charge in [0.2, 0.25) is 0 Å². The third-order valence-electron chi connectivity index (χ3n) is 3.05. The van der Waals surface area contributed by atoms with Crippen LogP contribution in [0.5, 0.6) is 0 Å². The van der Waals surface area contributed by atoms with E-state index in [-0.39, 0.29) is 0 Å². The van der Waals surface area contributed by atoms with Gasteiger partial charge in [0.05, 0.1) is 17.6 Å². The van der Waals surface area contributed by atoms with Crippen LogP contribution in [-0.2, 0) is 7.05 Å². The molecule has 1 aliphatic carbocycles. The molecular weight excluding hydrogens is 212 g/mol. The van der Waals surface area contributed by atoms with Crippen molar-refractivity contribution in [3.63, 3.8) is 0 Å². The monoisotopic (exact) mass is 226 g/mol. The highest BCUT2D eigenvalue weighted by Crippen LogP contribution is 2.41. The maximum absolute atomic E-state index is 4.32. The van der Waals surface area contributed by atoms with E-state index in [4.69, 9.17) is 0 Å². The second kappa shape index (κ2) is 4.13. The summed E-state index contributed by atoms with van der Waals surface area (Å²) in [6, 6.07) is 1.89. The van der Waals surface area contributed by atoms with Crippen LogP contribution in [0.3, 0.4) is 0 Å². The van der Waals surface area contributed by atoms with Crippen LogP contribution in [-0.4, -0.2) is 19.7 Å². The first kappa shape index (κ1) is 10.2. The average molecular weight is 226 g/mol. The minimum absolute atomic E-state index is 0.716. The standard InChI is InChI=1S/C13H14N4/c1-17-13(12(8-16-17)10-2-3-10)5-4-11-6-7-14-9-15-11/h4-10H,2-3H2,1H3. The predicted octanol–water partition coefficient (Wildman–Crippen LogP) is 2.26. The van der Waals surface area contributed by atoms with Crippen molar-refractivity contribution < 1.29 is 0 Å². The molecule has 2 aromatic heterocycles. The Morgan fingerprint density at radius 3 is 2.94 bits per heavy atom. The molecule has 2 aromatic rings. The van der Waals surface area contributed by atoms with E-state index in [0.717, 1.165) is 5.69 Å². The van der Waals surface area contributed by atoms with Gasteiger partial charge in [0.25, 0.3) is 0 Å². The van der Waals surface area contributed by atoms with Crippen LogP contribution in [0, 0.1) is 0 Å². The maximum Gasteiger partial charge on any atom is 0.115 e. The molecule has 0 aliphatic heterocycles. The lowest BCUT2D eigenvalue weighted by atomic mass is 10.1. The van der Waals surface area contributed by atoms with Crippen molar-refractivity contribution in [1.29, 1.82) is 0 Å². The summed E-state index contributed by atoms with van der Waals surface area (Å²) < 4.78 is 1.92. The van der Waals surface area contributed by atoms with E-state index in [1.54, 1.807) is 12.5 Å². The molecule has 86 valence electrons. The molecule has 0 saturated heterocycles. The molecule has 0 radical (unpaired) electrons. The summed E-state index contributed by atoms with van der Waals surface area (Å²) in [5.41, 5.74) is 3.46. The first-order valence-electron chi connectivity index (χ1n) is 5.80. The van der Waals surface area contributed by atoms with Crippen molar-refractivity contribution in [2.75, 3.05) is 0 Å². The van der Waals surface area contributed by atoms with Crippen molar-refractivity contribution in [3.05, 3.63) is 41.7 Å². The molecule has 1 fully saturated rings. The largest absolute Gasteiger partial charge is 0.268 e. The molecule has 0 amide bonds.